The molecule has 1 aliphatic rings. The van der Waals surface area contributed by atoms with Crippen LogP contribution in [-0.4, -0.2) is 60.8 Å². The van der Waals surface area contributed by atoms with Crippen molar-refractivity contribution in [3.05, 3.63) is 102 Å². The molecule has 1 aliphatic heterocycles. The number of rotatable bonds is 13. The summed E-state index contributed by atoms with van der Waals surface area (Å²) in [7, 11) is -2.34. The van der Waals surface area contributed by atoms with Crippen LogP contribution in [0.25, 0.3) is 0 Å². The van der Waals surface area contributed by atoms with E-state index in [0.717, 1.165) is 43.5 Å². The molecule has 0 unspecified atom stereocenters. The van der Waals surface area contributed by atoms with E-state index in [-0.39, 0.29) is 23.5 Å². The number of ether oxygens (including phenoxy) is 2. The van der Waals surface area contributed by atoms with Crippen molar-refractivity contribution in [2.24, 2.45) is 11.7 Å². The van der Waals surface area contributed by atoms with Crippen molar-refractivity contribution in [1.82, 2.24) is 4.98 Å². The van der Waals surface area contributed by atoms with E-state index in [1.807, 2.05) is 74.5 Å². The van der Waals surface area contributed by atoms with Crippen molar-refractivity contribution in [2.45, 2.75) is 75.8 Å². The molecule has 57 heavy (non-hydrogen) atoms. The molecule has 1 saturated heterocycles. The summed E-state index contributed by atoms with van der Waals surface area (Å²) in [5.74, 6) is -9.78. The maximum absolute atomic E-state index is 14.8. The number of nitrogens with one attached hydrogen (secondary N) is 2. The monoisotopic (exact) mass is 813 g/mol. The van der Waals surface area contributed by atoms with E-state index in [9.17, 15) is 41.1 Å². The number of nitrogens with zero attached hydrogens (tertiary/aromatic N) is 1. The summed E-state index contributed by atoms with van der Waals surface area (Å²) in [6.45, 7) is 5.79. The standard InChI is InChI=1S/C40H44F5N5O6Si/c1-22-30(25-18-19-26(41)31(42)34(25)55-5)35(56-39(22,4)40(43,44)45)37(53)50-32-27(46)21-28(49-33(32)36(47)52)48-29(51)17-12-20-38(2,3)57(54,23-13-8-6-9-14-23)24-15-10-7-11-16-24/h6-11,13-16,18-19,21-22,30,35,54H,12,17,20H2,1-5H3,(H2,47,52)(H,50,53)(H3,46,48,49,51)/t22-,30-,35+,39+/m0/s1. The summed E-state index contributed by atoms with van der Waals surface area (Å²) < 4.78 is 82.6. The van der Waals surface area contributed by atoms with E-state index in [2.05, 4.69) is 15.6 Å². The van der Waals surface area contributed by atoms with Gasteiger partial charge in [-0.05, 0) is 41.2 Å². The average Bonchev–Trinajstić information content (AvgIpc) is 3.44. The Kier molecular flexibility index (Phi) is 12.2. The van der Waals surface area contributed by atoms with Gasteiger partial charge in [-0.15, -0.1) is 0 Å². The van der Waals surface area contributed by atoms with Crippen LogP contribution in [0.5, 0.6) is 5.75 Å². The summed E-state index contributed by atoms with van der Waals surface area (Å²) in [6.07, 6.45) is -6.24. The second-order valence-corrected chi connectivity index (χ2v) is 18.8. The number of hydrogen-bond donors (Lipinski definition) is 5. The Morgan fingerprint density at radius 3 is 2.09 bits per heavy atom. The molecule has 304 valence electrons. The molecular formula is C40H44F5N5O6Si. The predicted octanol–water partition coefficient (Wildman–Crippen LogP) is 5.77. The van der Waals surface area contributed by atoms with Crippen LogP contribution in [0.2, 0.25) is 5.04 Å². The van der Waals surface area contributed by atoms with Crippen molar-refractivity contribution in [2.75, 3.05) is 23.5 Å². The van der Waals surface area contributed by atoms with Gasteiger partial charge in [0, 0.05) is 29.9 Å². The van der Waals surface area contributed by atoms with Crippen LogP contribution < -0.4 is 37.2 Å². The molecule has 0 spiro atoms. The number of nitrogen functional groups attached to an aromatic ring is 1. The van der Waals surface area contributed by atoms with Gasteiger partial charge in [-0.1, -0.05) is 87.5 Å². The van der Waals surface area contributed by atoms with E-state index in [1.165, 1.54) is 0 Å². The SMILES string of the molecule is COc1c([C@H]2[C@H](C(=O)Nc3c(N)cc(NC(=O)CCCC(C)(C)[Si](O)(c4ccccc4)c4ccccc4)nc3C(N)=O)O[C@@](C)(C(F)(F)F)[C@H]2C)ccc(F)c1F. The van der Waals surface area contributed by atoms with Crippen LogP contribution in [0.3, 0.4) is 0 Å². The molecule has 0 radical (unpaired) electrons. The van der Waals surface area contributed by atoms with Gasteiger partial charge in [-0.2, -0.15) is 17.6 Å². The average molecular weight is 814 g/mol. The Balaban J connectivity index is 1.36. The number of aromatic nitrogens is 1. The number of nitrogens with two attached hydrogens (primary N) is 2. The van der Waals surface area contributed by atoms with Crippen molar-refractivity contribution < 1.29 is 50.6 Å². The first-order valence-corrected chi connectivity index (χ1v) is 19.9. The lowest BCUT2D eigenvalue weighted by Crippen LogP contribution is -2.65. The number of amides is 3. The molecule has 0 aliphatic carbocycles. The second kappa shape index (κ2) is 16.2. The maximum atomic E-state index is 14.8. The quantitative estimate of drug-likeness (QED) is 0.0835. The van der Waals surface area contributed by atoms with Crippen LogP contribution in [-0.2, 0) is 14.3 Å². The van der Waals surface area contributed by atoms with Crippen LogP contribution in [0.15, 0.2) is 78.9 Å². The van der Waals surface area contributed by atoms with Gasteiger partial charge in [0.25, 0.3) is 20.1 Å². The number of primary amides is 1. The van der Waals surface area contributed by atoms with Crippen molar-refractivity contribution in [3.8, 4) is 5.75 Å². The summed E-state index contributed by atoms with van der Waals surface area (Å²) in [6, 6.07) is 21.6. The lowest BCUT2D eigenvalue weighted by atomic mass is 9.77. The number of methoxy groups -OCH3 is 1. The molecule has 11 nitrogen and oxygen atoms in total. The fraction of sp³-hybridized carbons (Fsp3) is 0.350. The van der Waals surface area contributed by atoms with E-state index < -0.39 is 89.6 Å². The molecule has 4 aromatic rings. The second-order valence-electron chi connectivity index (χ2n) is 14.8. The van der Waals surface area contributed by atoms with Gasteiger partial charge in [-0.25, -0.2) is 9.37 Å². The zero-order valence-electron chi connectivity index (χ0n) is 31.8. The van der Waals surface area contributed by atoms with Gasteiger partial charge in [0.15, 0.2) is 22.9 Å². The molecule has 0 bridgehead atoms. The largest absolute Gasteiger partial charge is 0.493 e. The highest BCUT2D eigenvalue weighted by atomic mass is 28.4. The van der Waals surface area contributed by atoms with E-state index in [0.29, 0.717) is 18.9 Å². The first-order chi connectivity index (χ1) is 26.7. The fourth-order valence-corrected chi connectivity index (χ4v) is 11.3. The van der Waals surface area contributed by atoms with E-state index >= 15 is 0 Å². The highest BCUT2D eigenvalue weighted by Gasteiger charge is 2.66. The Morgan fingerprint density at radius 2 is 1.56 bits per heavy atom. The minimum atomic E-state index is -5.02. The van der Waals surface area contributed by atoms with E-state index in [4.69, 9.17) is 20.9 Å². The topological polar surface area (TPSA) is 179 Å². The molecule has 3 amide bonds. The lowest BCUT2D eigenvalue weighted by molar-refractivity contribution is -0.272. The molecule has 3 aromatic carbocycles. The number of hydrogen-bond acceptors (Lipinski definition) is 8. The summed E-state index contributed by atoms with van der Waals surface area (Å²) in [4.78, 5) is 56.0. The molecule has 0 saturated carbocycles. The zero-order valence-corrected chi connectivity index (χ0v) is 32.8. The van der Waals surface area contributed by atoms with Gasteiger partial charge in [0.1, 0.15) is 11.9 Å². The number of alkyl halides is 3. The van der Waals surface area contributed by atoms with Gasteiger partial charge in [0.2, 0.25) is 11.7 Å². The van der Waals surface area contributed by atoms with Gasteiger partial charge in [-0.3, -0.25) is 14.4 Å². The number of pyridine rings is 1. The van der Waals surface area contributed by atoms with Crippen molar-refractivity contribution in [1.29, 1.82) is 0 Å². The van der Waals surface area contributed by atoms with Crippen LogP contribution in [0.1, 0.15) is 68.9 Å². The fourth-order valence-electron chi connectivity index (χ4n) is 7.56. The van der Waals surface area contributed by atoms with E-state index in [1.54, 1.807) is 0 Å². The van der Waals surface area contributed by atoms with Crippen molar-refractivity contribution >= 4 is 53.6 Å². The molecule has 1 fully saturated rings. The number of anilines is 3. The third-order valence-electron chi connectivity index (χ3n) is 10.9. The predicted molar refractivity (Wildman–Crippen MR) is 207 cm³/mol. The van der Waals surface area contributed by atoms with Crippen LogP contribution in [0, 0.1) is 17.6 Å². The zero-order chi connectivity index (χ0) is 42.1. The minimum Gasteiger partial charge on any atom is -0.493 e. The normalized spacial score (nSPS) is 19.9. The van der Waals surface area contributed by atoms with Gasteiger partial charge in [0.05, 0.1) is 18.5 Å². The molecule has 5 rings (SSSR count). The van der Waals surface area contributed by atoms with Crippen LogP contribution >= 0.6 is 0 Å². The molecule has 1 aromatic heterocycles. The Bertz CT molecular complexity index is 2100. The summed E-state index contributed by atoms with van der Waals surface area (Å²) in [5, 5.41) is 5.85. The molecule has 7 N–H and O–H groups in total. The molecular weight excluding hydrogens is 770 g/mol. The minimum absolute atomic E-state index is 0.0204. The Labute approximate surface area is 327 Å². The molecule has 2 heterocycles. The number of carbonyl (C=O) groups is 3. The highest BCUT2D eigenvalue weighted by Crippen LogP contribution is 2.55. The number of benzene rings is 3. The molecule has 4 atom stereocenters. The third-order valence-corrected chi connectivity index (χ3v) is 15.5. The highest BCUT2D eigenvalue weighted by molar-refractivity contribution is 6.98. The first-order valence-electron chi connectivity index (χ1n) is 18.0. The maximum Gasteiger partial charge on any atom is 0.417 e. The summed E-state index contributed by atoms with van der Waals surface area (Å²) in [5.41, 5.74) is 7.11. The smallest absolute Gasteiger partial charge is 0.417 e. The lowest BCUT2D eigenvalue weighted by Gasteiger charge is -2.41. The Hall–Kier alpha value is -5.39. The summed E-state index contributed by atoms with van der Waals surface area (Å²) >= 11 is 0. The third kappa shape index (κ3) is 8.09. The molecule has 17 heteroatoms. The number of halogens is 5. The number of carbonyl (C=O) groups excluding carboxylic acids is 3. The van der Waals surface area contributed by atoms with Crippen molar-refractivity contribution in [3.63, 3.8) is 0 Å². The Morgan fingerprint density at radius 1 is 0.982 bits per heavy atom. The van der Waals surface area contributed by atoms with Gasteiger partial charge >= 0.3 is 6.18 Å². The van der Waals surface area contributed by atoms with Gasteiger partial charge < -0.3 is 36.4 Å². The first kappa shape index (κ1) is 42.7. The van der Waals surface area contributed by atoms with Crippen LogP contribution in [0.4, 0.5) is 39.1 Å².